The molecule has 0 spiro atoms. The summed E-state index contributed by atoms with van der Waals surface area (Å²) in [4.78, 5) is 20.8. The van der Waals surface area contributed by atoms with Crippen LogP contribution in [0.2, 0.25) is 0 Å². The van der Waals surface area contributed by atoms with Gasteiger partial charge in [0.05, 0.1) is 0 Å². The van der Waals surface area contributed by atoms with Crippen LogP contribution < -0.4 is 41.3 Å². The molecule has 5 rings (SSSR count). The van der Waals surface area contributed by atoms with Gasteiger partial charge in [0.1, 0.15) is 0 Å². The van der Waals surface area contributed by atoms with Gasteiger partial charge >= 0.3 is 201 Å². The molecule has 2 aliphatic heterocycles. The number of benzene rings is 1. The Kier molecular flexibility index (Phi) is 5.96. The Morgan fingerprint density at radius 3 is 3.06 bits per heavy atom. The fourth-order valence-corrected chi connectivity index (χ4v) is 6.67. The first-order chi connectivity index (χ1) is 16.1. The van der Waals surface area contributed by atoms with Crippen LogP contribution in [-0.4, -0.2) is 36.1 Å². The number of rotatable bonds is 3. The maximum absolute atomic E-state index is 14.4. The number of fused-ring (bicyclic) bond motifs is 3. The molecule has 0 unspecified atom stereocenters. The van der Waals surface area contributed by atoms with Gasteiger partial charge in [0, 0.05) is 0 Å². The molecule has 3 N–H and O–H groups in total. The van der Waals surface area contributed by atoms with E-state index in [1.165, 1.54) is 18.7 Å². The summed E-state index contributed by atoms with van der Waals surface area (Å²) in [6.07, 6.45) is 4.20. The van der Waals surface area contributed by atoms with Gasteiger partial charge in [0.15, 0.2) is 0 Å². The number of methoxy groups -OCH3 is 1. The predicted octanol–water partition coefficient (Wildman–Crippen LogP) is 1.53. The van der Waals surface area contributed by atoms with Crippen LogP contribution in [0.15, 0.2) is 46.3 Å². The van der Waals surface area contributed by atoms with Gasteiger partial charge < -0.3 is 0 Å². The zero-order valence-electron chi connectivity index (χ0n) is 18.2. The molecular formula is C24H23FIN4O3-. The summed E-state index contributed by atoms with van der Waals surface area (Å²) < 4.78 is 28.3. The predicted molar refractivity (Wildman–Crippen MR) is 119 cm³/mol. The molecular weight excluding hydrogens is 538 g/mol. The number of aromatic nitrogens is 2. The molecule has 1 atom stereocenters. The SMILES string of the molecule is COc1c(F)cccc1Nc1c2[nH]c3c1C(=O)NC[C@H]3[I-]/C=C(/C)CCOc1cnccc1-2. The van der Waals surface area contributed by atoms with E-state index in [4.69, 9.17) is 9.47 Å². The van der Waals surface area contributed by atoms with E-state index in [1.807, 2.05) is 6.07 Å². The molecule has 3 aromatic rings. The first-order valence-electron chi connectivity index (χ1n) is 10.5. The van der Waals surface area contributed by atoms with E-state index in [9.17, 15) is 9.18 Å². The third-order valence-corrected chi connectivity index (χ3v) is 9.01. The number of para-hydroxylation sites is 1. The first-order valence-corrected chi connectivity index (χ1v) is 13.0. The monoisotopic (exact) mass is 561 g/mol. The van der Waals surface area contributed by atoms with Crippen molar-refractivity contribution in [1.82, 2.24) is 15.3 Å². The third-order valence-electron chi connectivity index (χ3n) is 5.65. The van der Waals surface area contributed by atoms with E-state index < -0.39 is 5.82 Å². The van der Waals surface area contributed by atoms with Crippen molar-refractivity contribution in [1.29, 1.82) is 0 Å². The Labute approximate surface area is 201 Å². The number of nitrogens with one attached hydrogen (secondary N) is 3. The van der Waals surface area contributed by atoms with E-state index in [-0.39, 0.29) is 36.8 Å². The first kappa shape index (κ1) is 21.7. The Balaban J connectivity index is 1.74. The second kappa shape index (κ2) is 9.05. The number of H-pyrrole nitrogens is 1. The van der Waals surface area contributed by atoms with Crippen molar-refractivity contribution in [2.45, 2.75) is 17.3 Å². The number of ether oxygens (including phenoxy) is 2. The van der Waals surface area contributed by atoms with Crippen LogP contribution in [0.3, 0.4) is 0 Å². The minimum absolute atomic E-state index is 0.0845. The summed E-state index contributed by atoms with van der Waals surface area (Å²) in [6.45, 7) is 3.24. The zero-order chi connectivity index (χ0) is 22.9. The fraction of sp³-hybridized carbons (Fsp3) is 0.250. The van der Waals surface area contributed by atoms with Crippen molar-refractivity contribution in [2.75, 3.05) is 25.6 Å². The number of aromatic amines is 1. The quantitative estimate of drug-likeness (QED) is 0.334. The number of anilines is 2. The van der Waals surface area contributed by atoms with E-state index >= 15 is 0 Å². The number of amides is 1. The number of hydrogen-bond donors (Lipinski definition) is 3. The number of pyridine rings is 1. The van der Waals surface area contributed by atoms with Crippen molar-refractivity contribution in [3.63, 3.8) is 0 Å². The van der Waals surface area contributed by atoms with Crippen molar-refractivity contribution >= 4 is 17.3 Å². The van der Waals surface area contributed by atoms with Gasteiger partial charge in [0.2, 0.25) is 0 Å². The van der Waals surface area contributed by atoms with E-state index in [1.54, 1.807) is 24.5 Å². The molecule has 2 bridgehead atoms. The van der Waals surface area contributed by atoms with Gasteiger partial charge in [-0.3, -0.25) is 0 Å². The normalized spacial score (nSPS) is 19.3. The number of hydrogen-bond acceptors (Lipinski definition) is 5. The molecule has 2 aliphatic rings. The van der Waals surface area contributed by atoms with Crippen LogP contribution in [0.5, 0.6) is 11.5 Å². The van der Waals surface area contributed by atoms with Crippen molar-refractivity contribution in [3.05, 3.63) is 63.4 Å². The Hall–Kier alpha value is -3.08. The second-order valence-corrected chi connectivity index (χ2v) is 10.7. The average Bonchev–Trinajstić information content (AvgIpc) is 3.18. The molecule has 172 valence electrons. The molecule has 0 radical (unpaired) electrons. The van der Waals surface area contributed by atoms with Gasteiger partial charge in [-0.2, -0.15) is 0 Å². The molecule has 0 saturated heterocycles. The molecule has 0 fully saturated rings. The van der Waals surface area contributed by atoms with Crippen LogP contribution in [0, 0.1) is 5.82 Å². The summed E-state index contributed by atoms with van der Waals surface area (Å²) in [5, 5.41) is 6.33. The molecule has 7 nitrogen and oxygen atoms in total. The van der Waals surface area contributed by atoms with Crippen molar-refractivity contribution in [2.24, 2.45) is 0 Å². The van der Waals surface area contributed by atoms with Crippen LogP contribution in [0.4, 0.5) is 15.8 Å². The van der Waals surface area contributed by atoms with Gasteiger partial charge in [-0.05, 0) is 0 Å². The topological polar surface area (TPSA) is 88.3 Å². The minimum atomic E-state index is -0.485. The van der Waals surface area contributed by atoms with Crippen molar-refractivity contribution in [3.8, 4) is 22.8 Å². The number of nitrogens with zero attached hydrogens (tertiary/aromatic N) is 1. The third kappa shape index (κ3) is 4.05. The molecule has 1 amide bonds. The summed E-state index contributed by atoms with van der Waals surface area (Å²) in [5.74, 6) is 0.0467. The molecule has 0 saturated carbocycles. The number of carbonyl (C=O) groups is 1. The molecule has 2 aromatic heterocycles. The molecule has 9 heteroatoms. The molecule has 0 aliphatic carbocycles. The number of halogens is 2. The van der Waals surface area contributed by atoms with E-state index in [2.05, 4.69) is 31.6 Å². The van der Waals surface area contributed by atoms with Crippen LogP contribution in [0.1, 0.15) is 33.3 Å². The number of carbonyl (C=O) groups excluding carboxylic acids is 1. The summed E-state index contributed by atoms with van der Waals surface area (Å²) in [5.41, 5.74) is 5.20. The Morgan fingerprint density at radius 1 is 1.33 bits per heavy atom. The average molecular weight is 561 g/mol. The van der Waals surface area contributed by atoms with Crippen molar-refractivity contribution < 1.29 is 39.9 Å². The maximum atomic E-state index is 14.4. The Bertz CT molecular complexity index is 1260. The summed E-state index contributed by atoms with van der Waals surface area (Å²) >= 11 is -0.370. The van der Waals surface area contributed by atoms with Gasteiger partial charge in [-0.15, -0.1) is 0 Å². The van der Waals surface area contributed by atoms with E-state index in [0.29, 0.717) is 41.5 Å². The van der Waals surface area contributed by atoms with E-state index in [0.717, 1.165) is 17.7 Å². The fourth-order valence-electron chi connectivity index (χ4n) is 4.01. The van der Waals surface area contributed by atoms with Gasteiger partial charge in [0.25, 0.3) is 0 Å². The zero-order valence-corrected chi connectivity index (χ0v) is 20.3. The molecule has 1 aromatic carbocycles. The van der Waals surface area contributed by atoms with Crippen LogP contribution >= 0.6 is 0 Å². The summed E-state index contributed by atoms with van der Waals surface area (Å²) in [7, 11) is 1.42. The number of alkyl halides is 1. The Morgan fingerprint density at radius 2 is 2.21 bits per heavy atom. The summed E-state index contributed by atoms with van der Waals surface area (Å²) in [6, 6.07) is 6.52. The standard InChI is InChI=1S/C24H23FIN4O3/c1-13-7-9-33-18-12-27-8-6-14(18)20-22(29-17-5-3-4-15(25)23(17)32-2)19-21(30-20)16(26-10-13)11-28-24(19)31/h3-6,8,10,12,16,29-30H,7,9,11H2,1-2H3,(H,28,31)/q-1/b13-10-/t16-/m1/s1. The van der Waals surface area contributed by atoms with Crippen LogP contribution in [-0.2, 0) is 0 Å². The molecule has 33 heavy (non-hydrogen) atoms. The van der Waals surface area contributed by atoms with Gasteiger partial charge in [-0.25, -0.2) is 0 Å². The van der Waals surface area contributed by atoms with Crippen LogP contribution in [0.25, 0.3) is 11.3 Å². The molecule has 4 heterocycles. The van der Waals surface area contributed by atoms with Gasteiger partial charge in [-0.1, -0.05) is 0 Å². The second-order valence-electron chi connectivity index (χ2n) is 7.84.